The fourth-order valence-corrected chi connectivity index (χ4v) is 2.98. The van der Waals surface area contributed by atoms with Gasteiger partial charge in [0, 0.05) is 45.6 Å². The summed E-state index contributed by atoms with van der Waals surface area (Å²) in [5.41, 5.74) is 1.23. The van der Waals surface area contributed by atoms with E-state index in [9.17, 15) is 9.59 Å². The van der Waals surface area contributed by atoms with Crippen molar-refractivity contribution in [1.82, 2.24) is 9.80 Å². The number of amides is 1. The molecule has 1 fully saturated rings. The number of carbonyl (C=O) groups excluding carboxylic acids is 2. The number of esters is 1. The van der Waals surface area contributed by atoms with Crippen LogP contribution in [-0.2, 0) is 20.7 Å². The van der Waals surface area contributed by atoms with Crippen molar-refractivity contribution in [2.75, 3.05) is 39.3 Å². The Labute approximate surface area is 155 Å². The summed E-state index contributed by atoms with van der Waals surface area (Å²) in [7, 11) is 0. The maximum Gasteiger partial charge on any atom is 0.306 e. The third kappa shape index (κ3) is 7.24. The van der Waals surface area contributed by atoms with Gasteiger partial charge in [0.05, 0.1) is 19.1 Å². The van der Waals surface area contributed by atoms with Crippen LogP contribution < -0.4 is 0 Å². The van der Waals surface area contributed by atoms with Crippen molar-refractivity contribution >= 4 is 11.9 Å². The molecule has 1 amide bonds. The summed E-state index contributed by atoms with van der Waals surface area (Å²) in [6, 6.07) is 12.2. The lowest BCUT2D eigenvalue weighted by atomic mass is 10.1. The van der Waals surface area contributed by atoms with Crippen LogP contribution in [0.15, 0.2) is 30.3 Å². The summed E-state index contributed by atoms with van der Waals surface area (Å²) in [5.74, 6) is -0.301. The molecule has 1 heterocycles. The Hall–Kier alpha value is -2.39. The van der Waals surface area contributed by atoms with Crippen LogP contribution in [0.3, 0.4) is 0 Å². The van der Waals surface area contributed by atoms with Gasteiger partial charge in [0.15, 0.2) is 0 Å². The topological polar surface area (TPSA) is 73.6 Å². The molecule has 0 aromatic heterocycles. The molecular formula is C20H27N3O3. The van der Waals surface area contributed by atoms with Gasteiger partial charge in [0.1, 0.15) is 0 Å². The van der Waals surface area contributed by atoms with E-state index >= 15 is 0 Å². The maximum absolute atomic E-state index is 12.2. The van der Waals surface area contributed by atoms with Crippen LogP contribution in [0.4, 0.5) is 0 Å². The SMILES string of the molecule is N#CCCN1CCN(C(=O)CCC(=O)OCCCc2ccccc2)CC1. The minimum absolute atomic E-state index is 0.00571. The van der Waals surface area contributed by atoms with E-state index in [1.807, 2.05) is 18.2 Å². The first-order valence-corrected chi connectivity index (χ1v) is 9.25. The van der Waals surface area contributed by atoms with Crippen molar-refractivity contribution in [2.24, 2.45) is 0 Å². The molecule has 1 aromatic carbocycles. The number of rotatable bonds is 9. The van der Waals surface area contributed by atoms with Crippen LogP contribution in [0.1, 0.15) is 31.2 Å². The molecule has 0 unspecified atom stereocenters. The summed E-state index contributed by atoms with van der Waals surface area (Å²) in [4.78, 5) is 28.0. The average molecular weight is 357 g/mol. The number of benzene rings is 1. The second kappa shape index (κ2) is 11.3. The molecule has 6 heteroatoms. The Kier molecular flexibility index (Phi) is 8.64. The molecule has 140 valence electrons. The van der Waals surface area contributed by atoms with Crippen LogP contribution in [-0.4, -0.2) is 61.0 Å². The summed E-state index contributed by atoms with van der Waals surface area (Å²) in [5, 5.41) is 8.61. The molecule has 0 spiro atoms. The van der Waals surface area contributed by atoms with E-state index in [0.29, 0.717) is 26.1 Å². The number of aryl methyl sites for hydroxylation is 1. The van der Waals surface area contributed by atoms with Crippen LogP contribution in [0.25, 0.3) is 0 Å². The highest BCUT2D eigenvalue weighted by Crippen LogP contribution is 2.07. The van der Waals surface area contributed by atoms with Crippen LogP contribution in [0.2, 0.25) is 0 Å². The number of hydrogen-bond acceptors (Lipinski definition) is 5. The van der Waals surface area contributed by atoms with Gasteiger partial charge in [0.25, 0.3) is 0 Å². The number of ether oxygens (including phenoxy) is 1. The van der Waals surface area contributed by atoms with E-state index in [-0.39, 0.29) is 24.7 Å². The summed E-state index contributed by atoms with van der Waals surface area (Å²) in [6.07, 6.45) is 2.52. The first kappa shape index (κ1) is 19.9. The lowest BCUT2D eigenvalue weighted by molar-refractivity contribution is -0.146. The van der Waals surface area contributed by atoms with Gasteiger partial charge in [-0.05, 0) is 18.4 Å². The summed E-state index contributed by atoms with van der Waals surface area (Å²) >= 11 is 0. The second-order valence-corrected chi connectivity index (χ2v) is 6.44. The van der Waals surface area contributed by atoms with E-state index in [1.165, 1.54) is 5.56 Å². The van der Waals surface area contributed by atoms with Gasteiger partial charge >= 0.3 is 5.97 Å². The third-order valence-electron chi connectivity index (χ3n) is 4.52. The minimum atomic E-state index is -0.306. The highest BCUT2D eigenvalue weighted by atomic mass is 16.5. The van der Waals surface area contributed by atoms with Crippen molar-refractivity contribution in [1.29, 1.82) is 5.26 Å². The average Bonchev–Trinajstić information content (AvgIpc) is 2.69. The van der Waals surface area contributed by atoms with E-state index in [2.05, 4.69) is 23.1 Å². The zero-order valence-electron chi connectivity index (χ0n) is 15.2. The quantitative estimate of drug-likeness (QED) is 0.499. The zero-order valence-corrected chi connectivity index (χ0v) is 15.2. The van der Waals surface area contributed by atoms with Crippen molar-refractivity contribution < 1.29 is 14.3 Å². The highest BCUT2D eigenvalue weighted by molar-refractivity contribution is 5.81. The van der Waals surface area contributed by atoms with Crippen molar-refractivity contribution in [3.8, 4) is 6.07 Å². The van der Waals surface area contributed by atoms with Crippen molar-refractivity contribution in [2.45, 2.75) is 32.1 Å². The smallest absolute Gasteiger partial charge is 0.306 e. The molecule has 0 saturated carbocycles. The molecule has 6 nitrogen and oxygen atoms in total. The normalized spacial score (nSPS) is 14.7. The molecule has 0 aliphatic carbocycles. The van der Waals surface area contributed by atoms with Crippen LogP contribution in [0.5, 0.6) is 0 Å². The van der Waals surface area contributed by atoms with Crippen LogP contribution in [0, 0.1) is 11.3 Å². The Morgan fingerprint density at radius 2 is 1.81 bits per heavy atom. The monoisotopic (exact) mass is 357 g/mol. The molecular weight excluding hydrogens is 330 g/mol. The standard InChI is InChI=1S/C20H27N3O3/c21-11-5-12-22-13-15-23(16-14-22)19(24)9-10-20(25)26-17-4-8-18-6-2-1-3-7-18/h1-3,6-7H,4-5,8-10,12-17H2. The number of carbonyl (C=O) groups is 2. The molecule has 2 rings (SSSR count). The Morgan fingerprint density at radius 1 is 1.08 bits per heavy atom. The fourth-order valence-electron chi connectivity index (χ4n) is 2.98. The molecule has 1 saturated heterocycles. The molecule has 0 bridgehead atoms. The van der Waals surface area contributed by atoms with Gasteiger partial charge in [-0.25, -0.2) is 0 Å². The van der Waals surface area contributed by atoms with E-state index in [4.69, 9.17) is 10.00 Å². The summed E-state index contributed by atoms with van der Waals surface area (Å²) in [6.45, 7) is 4.05. The highest BCUT2D eigenvalue weighted by Gasteiger charge is 2.21. The molecule has 0 atom stereocenters. The molecule has 1 aliphatic heterocycles. The fraction of sp³-hybridized carbons (Fsp3) is 0.550. The maximum atomic E-state index is 12.2. The second-order valence-electron chi connectivity index (χ2n) is 6.44. The van der Waals surface area contributed by atoms with E-state index in [1.54, 1.807) is 4.90 Å². The van der Waals surface area contributed by atoms with E-state index in [0.717, 1.165) is 32.5 Å². The van der Waals surface area contributed by atoms with E-state index < -0.39 is 0 Å². The Balaban J connectivity index is 1.54. The molecule has 26 heavy (non-hydrogen) atoms. The van der Waals surface area contributed by atoms with Crippen molar-refractivity contribution in [3.63, 3.8) is 0 Å². The molecule has 1 aliphatic rings. The lowest BCUT2D eigenvalue weighted by Crippen LogP contribution is -2.48. The van der Waals surface area contributed by atoms with Gasteiger partial charge in [-0.3, -0.25) is 14.5 Å². The first-order chi connectivity index (χ1) is 12.7. The number of nitrogens with zero attached hydrogens (tertiary/aromatic N) is 3. The number of piperazine rings is 1. The third-order valence-corrected chi connectivity index (χ3v) is 4.52. The van der Waals surface area contributed by atoms with Crippen molar-refractivity contribution in [3.05, 3.63) is 35.9 Å². The number of hydrogen-bond donors (Lipinski definition) is 0. The largest absolute Gasteiger partial charge is 0.466 e. The zero-order chi connectivity index (χ0) is 18.6. The molecule has 0 radical (unpaired) electrons. The van der Waals surface area contributed by atoms with Gasteiger partial charge in [-0.2, -0.15) is 5.26 Å². The first-order valence-electron chi connectivity index (χ1n) is 9.25. The van der Waals surface area contributed by atoms with Gasteiger partial charge in [0.2, 0.25) is 5.91 Å². The molecule has 1 aromatic rings. The molecule has 0 N–H and O–H groups in total. The predicted molar refractivity (Wildman–Crippen MR) is 98.2 cm³/mol. The predicted octanol–water partition coefficient (Wildman–Crippen LogP) is 2.00. The Bertz CT molecular complexity index is 604. The number of nitriles is 1. The van der Waals surface area contributed by atoms with Gasteiger partial charge < -0.3 is 9.64 Å². The van der Waals surface area contributed by atoms with Crippen LogP contribution >= 0.6 is 0 Å². The lowest BCUT2D eigenvalue weighted by Gasteiger charge is -2.34. The Morgan fingerprint density at radius 3 is 2.50 bits per heavy atom. The van der Waals surface area contributed by atoms with Gasteiger partial charge in [-0.1, -0.05) is 30.3 Å². The minimum Gasteiger partial charge on any atom is -0.466 e. The van der Waals surface area contributed by atoms with Gasteiger partial charge in [-0.15, -0.1) is 0 Å². The summed E-state index contributed by atoms with van der Waals surface area (Å²) < 4.78 is 5.21.